The van der Waals surface area contributed by atoms with Crippen LogP contribution in [0.25, 0.3) is 16.7 Å². The topological polar surface area (TPSA) is 59.2 Å². The number of aryl methyl sites for hydroxylation is 1. The zero-order chi connectivity index (χ0) is 17.2. The number of fused-ring (bicyclic) bond motifs is 2. The van der Waals surface area contributed by atoms with Gasteiger partial charge in [0, 0.05) is 43.8 Å². The Balaban J connectivity index is 1.68. The van der Waals surface area contributed by atoms with Crippen molar-refractivity contribution in [3.8, 4) is 0 Å². The summed E-state index contributed by atoms with van der Waals surface area (Å²) in [5.41, 5.74) is 5.00. The molecule has 0 amide bonds. The largest absolute Gasteiger partial charge is 0.355 e. The van der Waals surface area contributed by atoms with Gasteiger partial charge in [0.05, 0.1) is 17.2 Å². The van der Waals surface area contributed by atoms with Crippen LogP contribution in [-0.4, -0.2) is 31.6 Å². The third-order valence-corrected chi connectivity index (χ3v) is 4.24. The summed E-state index contributed by atoms with van der Waals surface area (Å²) in [5.74, 6) is 1.04. The molecule has 0 radical (unpaired) electrons. The Morgan fingerprint density at radius 1 is 1.00 bits per heavy atom. The fraction of sp³-hybridized carbons (Fsp3) is 0.263. The Bertz CT molecular complexity index is 1020. The monoisotopic (exact) mass is 332 g/mol. The van der Waals surface area contributed by atoms with Crippen LogP contribution in [0.2, 0.25) is 0 Å². The van der Waals surface area contributed by atoms with Crippen LogP contribution >= 0.6 is 0 Å². The summed E-state index contributed by atoms with van der Waals surface area (Å²) in [6.07, 6.45) is 7.27. The third-order valence-electron chi connectivity index (χ3n) is 4.24. The smallest absolute Gasteiger partial charge is 0.157 e. The number of aromatic nitrogens is 5. The standard InChI is InChI=1S/C19H20N6/c1-3-4-15-12-19(25-18(23-15)7-8-22-25)24(2)13-14-5-6-16-17(11-14)21-10-9-20-16/h5-12H,3-4,13H2,1-2H3. The molecule has 0 aliphatic carbocycles. The van der Waals surface area contributed by atoms with Crippen molar-refractivity contribution in [1.82, 2.24) is 24.6 Å². The Labute approximate surface area is 146 Å². The lowest BCUT2D eigenvalue weighted by molar-refractivity contribution is 0.810. The second-order valence-electron chi connectivity index (χ2n) is 6.19. The first-order chi connectivity index (χ1) is 12.2. The lowest BCUT2D eigenvalue weighted by Crippen LogP contribution is -2.20. The van der Waals surface area contributed by atoms with E-state index in [1.165, 1.54) is 5.56 Å². The van der Waals surface area contributed by atoms with E-state index in [4.69, 9.17) is 0 Å². The molecule has 0 bridgehead atoms. The molecule has 3 heterocycles. The highest BCUT2D eigenvalue weighted by Crippen LogP contribution is 2.20. The van der Waals surface area contributed by atoms with E-state index in [1.807, 2.05) is 16.6 Å². The summed E-state index contributed by atoms with van der Waals surface area (Å²) < 4.78 is 1.89. The summed E-state index contributed by atoms with van der Waals surface area (Å²) in [4.78, 5) is 15.6. The molecule has 0 aliphatic rings. The molecule has 4 rings (SSSR count). The van der Waals surface area contributed by atoms with Crippen LogP contribution < -0.4 is 4.90 Å². The molecule has 0 N–H and O–H groups in total. The van der Waals surface area contributed by atoms with Gasteiger partial charge in [-0.15, -0.1) is 0 Å². The van der Waals surface area contributed by atoms with Gasteiger partial charge in [-0.1, -0.05) is 19.4 Å². The number of rotatable bonds is 5. The van der Waals surface area contributed by atoms with Crippen molar-refractivity contribution in [1.29, 1.82) is 0 Å². The number of hydrogen-bond donors (Lipinski definition) is 0. The molecule has 0 aliphatic heterocycles. The molecule has 25 heavy (non-hydrogen) atoms. The molecular formula is C19H20N6. The molecular weight excluding hydrogens is 312 g/mol. The first kappa shape index (κ1) is 15.5. The zero-order valence-electron chi connectivity index (χ0n) is 14.4. The Hall–Kier alpha value is -3.02. The number of hydrogen-bond acceptors (Lipinski definition) is 5. The van der Waals surface area contributed by atoms with E-state index in [1.54, 1.807) is 18.6 Å². The fourth-order valence-corrected chi connectivity index (χ4v) is 3.07. The predicted octanol–water partition coefficient (Wildman–Crippen LogP) is 3.26. The Morgan fingerprint density at radius 3 is 2.68 bits per heavy atom. The van der Waals surface area contributed by atoms with E-state index in [0.29, 0.717) is 0 Å². The van der Waals surface area contributed by atoms with Crippen molar-refractivity contribution in [2.45, 2.75) is 26.3 Å². The van der Waals surface area contributed by atoms with E-state index in [-0.39, 0.29) is 0 Å². The maximum atomic E-state index is 4.67. The molecule has 6 heteroatoms. The van der Waals surface area contributed by atoms with Crippen LogP contribution in [0.4, 0.5) is 5.82 Å². The number of benzene rings is 1. The highest BCUT2D eigenvalue weighted by Gasteiger charge is 2.11. The van der Waals surface area contributed by atoms with E-state index in [2.05, 4.69) is 57.1 Å². The lowest BCUT2D eigenvalue weighted by atomic mass is 10.2. The molecule has 0 saturated carbocycles. The van der Waals surface area contributed by atoms with Gasteiger partial charge in [0.25, 0.3) is 0 Å². The molecule has 1 aromatic carbocycles. The van der Waals surface area contributed by atoms with E-state index < -0.39 is 0 Å². The highest BCUT2D eigenvalue weighted by atomic mass is 15.3. The van der Waals surface area contributed by atoms with Crippen LogP contribution in [0, 0.1) is 0 Å². The molecule has 126 valence electrons. The molecule has 0 saturated heterocycles. The highest BCUT2D eigenvalue weighted by molar-refractivity contribution is 5.74. The van der Waals surface area contributed by atoms with Gasteiger partial charge in [-0.05, 0) is 24.1 Å². The summed E-state index contributed by atoms with van der Waals surface area (Å²) in [5, 5.41) is 4.42. The van der Waals surface area contributed by atoms with Crippen molar-refractivity contribution in [3.05, 3.63) is 60.2 Å². The van der Waals surface area contributed by atoms with Crippen molar-refractivity contribution in [3.63, 3.8) is 0 Å². The minimum Gasteiger partial charge on any atom is -0.355 e. The van der Waals surface area contributed by atoms with Gasteiger partial charge in [-0.3, -0.25) is 9.97 Å². The average molecular weight is 332 g/mol. The molecule has 3 aromatic heterocycles. The SMILES string of the molecule is CCCc1cc(N(C)Cc2ccc3nccnc3c2)n2nccc2n1. The maximum Gasteiger partial charge on any atom is 0.157 e. The van der Waals surface area contributed by atoms with Crippen molar-refractivity contribution >= 4 is 22.5 Å². The molecule has 6 nitrogen and oxygen atoms in total. The normalized spacial score (nSPS) is 11.3. The maximum absolute atomic E-state index is 4.67. The number of anilines is 1. The minimum absolute atomic E-state index is 0.761. The van der Waals surface area contributed by atoms with Crippen LogP contribution in [0.3, 0.4) is 0 Å². The van der Waals surface area contributed by atoms with E-state index in [0.717, 1.165) is 47.6 Å². The van der Waals surface area contributed by atoms with Gasteiger partial charge in [0.2, 0.25) is 0 Å². The first-order valence-electron chi connectivity index (χ1n) is 8.49. The molecule has 0 fully saturated rings. The van der Waals surface area contributed by atoms with Crippen molar-refractivity contribution in [2.75, 3.05) is 11.9 Å². The second-order valence-corrected chi connectivity index (χ2v) is 6.19. The fourth-order valence-electron chi connectivity index (χ4n) is 3.07. The average Bonchev–Trinajstić information content (AvgIpc) is 3.09. The first-order valence-corrected chi connectivity index (χ1v) is 8.49. The number of nitrogens with zero attached hydrogens (tertiary/aromatic N) is 6. The third kappa shape index (κ3) is 3.03. The summed E-state index contributed by atoms with van der Waals surface area (Å²) in [7, 11) is 2.08. The van der Waals surface area contributed by atoms with Gasteiger partial charge in [0.15, 0.2) is 5.65 Å². The Kier molecular flexibility index (Phi) is 4.01. The molecule has 0 unspecified atom stereocenters. The van der Waals surface area contributed by atoms with Crippen LogP contribution in [0.1, 0.15) is 24.6 Å². The summed E-state index contributed by atoms with van der Waals surface area (Å²) in [6.45, 7) is 2.93. The minimum atomic E-state index is 0.761. The van der Waals surface area contributed by atoms with Crippen molar-refractivity contribution < 1.29 is 0 Å². The van der Waals surface area contributed by atoms with Gasteiger partial charge < -0.3 is 4.90 Å². The van der Waals surface area contributed by atoms with Crippen LogP contribution in [0.15, 0.2) is 48.9 Å². The van der Waals surface area contributed by atoms with Crippen LogP contribution in [0.5, 0.6) is 0 Å². The van der Waals surface area contributed by atoms with Gasteiger partial charge in [-0.25, -0.2) is 4.98 Å². The summed E-state index contributed by atoms with van der Waals surface area (Å²) >= 11 is 0. The van der Waals surface area contributed by atoms with Crippen molar-refractivity contribution in [2.24, 2.45) is 0 Å². The van der Waals surface area contributed by atoms with E-state index in [9.17, 15) is 0 Å². The molecule has 0 atom stereocenters. The second kappa shape index (κ2) is 6.47. The Morgan fingerprint density at radius 2 is 1.84 bits per heavy atom. The van der Waals surface area contributed by atoms with Crippen LogP contribution in [-0.2, 0) is 13.0 Å². The summed E-state index contributed by atoms with van der Waals surface area (Å²) in [6, 6.07) is 10.3. The zero-order valence-corrected chi connectivity index (χ0v) is 14.4. The molecule has 4 aromatic rings. The van der Waals surface area contributed by atoms with Gasteiger partial charge >= 0.3 is 0 Å². The molecule has 0 spiro atoms. The van der Waals surface area contributed by atoms with Gasteiger partial charge in [0.1, 0.15) is 5.82 Å². The van der Waals surface area contributed by atoms with E-state index >= 15 is 0 Å². The van der Waals surface area contributed by atoms with Gasteiger partial charge in [-0.2, -0.15) is 9.61 Å². The predicted molar refractivity (Wildman–Crippen MR) is 98.6 cm³/mol. The lowest BCUT2D eigenvalue weighted by Gasteiger charge is -2.21. The quantitative estimate of drug-likeness (QED) is 0.561.